The Bertz CT molecular complexity index is 655. The van der Waals surface area contributed by atoms with E-state index in [1.165, 1.54) is 10.5 Å². The lowest BCUT2D eigenvalue weighted by Crippen LogP contribution is -2.41. The second-order valence-electron chi connectivity index (χ2n) is 5.35. The fourth-order valence-electron chi connectivity index (χ4n) is 2.99. The minimum Gasteiger partial charge on any atom is -0.378 e. The van der Waals surface area contributed by atoms with Gasteiger partial charge >= 0.3 is 0 Å². The number of carbonyl (C=O) groups excluding carboxylic acids is 1. The Hall–Kier alpha value is -1.53. The molecule has 1 aromatic rings. The first-order chi connectivity index (χ1) is 11.7. The molecule has 24 heavy (non-hydrogen) atoms. The molecule has 3 heterocycles. The van der Waals surface area contributed by atoms with Gasteiger partial charge in [-0.1, -0.05) is 26.0 Å². The molecule has 0 spiro atoms. The van der Waals surface area contributed by atoms with Gasteiger partial charge in [-0.25, -0.2) is 0 Å². The van der Waals surface area contributed by atoms with Crippen molar-refractivity contribution in [3.63, 3.8) is 0 Å². The van der Waals surface area contributed by atoms with Crippen LogP contribution in [0.25, 0.3) is 5.57 Å². The van der Waals surface area contributed by atoms with Gasteiger partial charge in [-0.15, -0.1) is 11.8 Å². The van der Waals surface area contributed by atoms with Gasteiger partial charge in [-0.2, -0.15) is 5.10 Å². The molecule has 0 saturated carbocycles. The summed E-state index contributed by atoms with van der Waals surface area (Å²) in [4.78, 5) is 15.9. The van der Waals surface area contributed by atoms with Crippen LogP contribution in [0.5, 0.6) is 0 Å². The van der Waals surface area contributed by atoms with Gasteiger partial charge in [0.25, 0.3) is 5.91 Å². The van der Waals surface area contributed by atoms with E-state index in [1.807, 2.05) is 44.3 Å². The molecule has 132 valence electrons. The molecule has 2 aliphatic heterocycles. The van der Waals surface area contributed by atoms with Crippen LogP contribution in [0.15, 0.2) is 17.1 Å². The van der Waals surface area contributed by atoms with Crippen LogP contribution in [0.4, 0.5) is 0 Å². The molecule has 1 fully saturated rings. The number of ether oxygens (including phenoxy) is 1. The van der Waals surface area contributed by atoms with Gasteiger partial charge in [0.1, 0.15) is 0 Å². The molecule has 0 radical (unpaired) electrons. The quantitative estimate of drug-likeness (QED) is 0.779. The van der Waals surface area contributed by atoms with E-state index in [2.05, 4.69) is 17.3 Å². The number of fused-ring (bicyclic) bond motifs is 1. The summed E-state index contributed by atoms with van der Waals surface area (Å²) in [5.74, 6) is 0.825. The zero-order valence-electron chi connectivity index (χ0n) is 15.3. The second-order valence-corrected chi connectivity index (χ2v) is 6.37. The SMILES string of the molecule is C/C=C1\C(=C/C)SCc2c(C(=O)N3CCOCC3)nn(C)c21.CC. The predicted molar refractivity (Wildman–Crippen MR) is 100.0 cm³/mol. The zero-order chi connectivity index (χ0) is 17.7. The van der Waals surface area contributed by atoms with Crippen molar-refractivity contribution in [2.75, 3.05) is 26.3 Å². The number of aromatic nitrogens is 2. The number of aryl methyl sites for hydroxylation is 1. The molecular weight excluding hydrogens is 322 g/mol. The largest absolute Gasteiger partial charge is 0.378 e. The standard InChI is InChI=1S/C16H21N3O2S.C2H6/c1-4-11-13(5-2)22-10-12-14(17-18(3)15(11)12)16(20)19-6-8-21-9-7-19;1-2/h4-5H,6-10H2,1-3H3;1-2H3/b11-4+,13-5+;. The molecule has 0 unspecified atom stereocenters. The Morgan fingerprint density at radius 3 is 2.46 bits per heavy atom. The monoisotopic (exact) mass is 349 g/mol. The second kappa shape index (κ2) is 8.53. The fourth-order valence-corrected chi connectivity index (χ4v) is 4.10. The number of rotatable bonds is 1. The Morgan fingerprint density at radius 2 is 1.88 bits per heavy atom. The van der Waals surface area contributed by atoms with E-state index in [9.17, 15) is 4.79 Å². The average molecular weight is 350 g/mol. The molecule has 2 aliphatic rings. The number of carbonyl (C=O) groups is 1. The highest BCUT2D eigenvalue weighted by Gasteiger charge is 2.31. The van der Waals surface area contributed by atoms with Crippen molar-refractivity contribution in [1.82, 2.24) is 14.7 Å². The lowest BCUT2D eigenvalue weighted by atomic mass is 10.0. The minimum absolute atomic E-state index is 0.0279. The summed E-state index contributed by atoms with van der Waals surface area (Å²) < 4.78 is 7.18. The molecule has 0 atom stereocenters. The van der Waals surface area contributed by atoms with Crippen molar-refractivity contribution in [1.29, 1.82) is 0 Å². The molecule has 1 aromatic heterocycles. The highest BCUT2D eigenvalue weighted by Crippen LogP contribution is 2.42. The van der Waals surface area contributed by atoms with E-state index in [1.54, 1.807) is 11.8 Å². The van der Waals surface area contributed by atoms with Crippen LogP contribution >= 0.6 is 11.8 Å². The highest BCUT2D eigenvalue weighted by molar-refractivity contribution is 8.03. The number of nitrogens with zero attached hydrogens (tertiary/aromatic N) is 3. The number of amides is 1. The molecule has 6 heteroatoms. The first-order valence-electron chi connectivity index (χ1n) is 8.56. The third-order valence-corrected chi connectivity index (χ3v) is 5.29. The molecule has 0 bridgehead atoms. The molecule has 3 rings (SSSR count). The Morgan fingerprint density at radius 1 is 1.21 bits per heavy atom. The maximum absolute atomic E-state index is 12.8. The maximum Gasteiger partial charge on any atom is 0.274 e. The maximum atomic E-state index is 12.8. The lowest BCUT2D eigenvalue weighted by Gasteiger charge is -2.26. The van der Waals surface area contributed by atoms with Gasteiger partial charge in [0.05, 0.1) is 18.9 Å². The van der Waals surface area contributed by atoms with Crippen molar-refractivity contribution < 1.29 is 9.53 Å². The van der Waals surface area contributed by atoms with E-state index < -0.39 is 0 Å². The number of allylic oxidation sites excluding steroid dienone is 3. The molecular formula is C18H27N3O2S. The Kier molecular flexibility index (Phi) is 6.69. The van der Waals surface area contributed by atoms with Crippen molar-refractivity contribution in [3.05, 3.63) is 34.0 Å². The molecule has 5 nitrogen and oxygen atoms in total. The van der Waals surface area contributed by atoms with E-state index in [0.717, 1.165) is 17.0 Å². The predicted octanol–water partition coefficient (Wildman–Crippen LogP) is 3.47. The molecule has 1 amide bonds. The van der Waals surface area contributed by atoms with Gasteiger partial charge < -0.3 is 9.64 Å². The summed E-state index contributed by atoms with van der Waals surface area (Å²) in [6, 6.07) is 0. The van der Waals surface area contributed by atoms with Crippen molar-refractivity contribution in [2.45, 2.75) is 33.4 Å². The number of morpholine rings is 1. The van der Waals surface area contributed by atoms with Crippen LogP contribution in [-0.4, -0.2) is 46.9 Å². The topological polar surface area (TPSA) is 47.4 Å². The summed E-state index contributed by atoms with van der Waals surface area (Å²) in [6.07, 6.45) is 4.23. The highest BCUT2D eigenvalue weighted by atomic mass is 32.2. The summed E-state index contributed by atoms with van der Waals surface area (Å²) in [7, 11) is 1.92. The van der Waals surface area contributed by atoms with Gasteiger partial charge in [0.15, 0.2) is 5.69 Å². The average Bonchev–Trinajstić information content (AvgIpc) is 2.99. The summed E-state index contributed by atoms with van der Waals surface area (Å²) >= 11 is 1.77. The first-order valence-corrected chi connectivity index (χ1v) is 9.55. The Labute approximate surface area is 148 Å². The minimum atomic E-state index is 0.0279. The van der Waals surface area contributed by atoms with Gasteiger partial charge in [-0.05, 0) is 13.8 Å². The smallest absolute Gasteiger partial charge is 0.274 e. The van der Waals surface area contributed by atoms with E-state index >= 15 is 0 Å². The van der Waals surface area contributed by atoms with Crippen molar-refractivity contribution >= 4 is 23.2 Å². The van der Waals surface area contributed by atoms with Crippen LogP contribution in [0.3, 0.4) is 0 Å². The van der Waals surface area contributed by atoms with E-state index in [0.29, 0.717) is 32.0 Å². The van der Waals surface area contributed by atoms with Crippen molar-refractivity contribution in [3.8, 4) is 0 Å². The fraction of sp³-hybridized carbons (Fsp3) is 0.556. The summed E-state index contributed by atoms with van der Waals surface area (Å²) in [5, 5.41) is 4.54. The van der Waals surface area contributed by atoms with Crippen LogP contribution in [0, 0.1) is 0 Å². The molecule has 0 aromatic carbocycles. The lowest BCUT2D eigenvalue weighted by molar-refractivity contribution is 0.0298. The third kappa shape index (κ3) is 3.44. The molecule has 0 aliphatic carbocycles. The number of hydrogen-bond donors (Lipinski definition) is 0. The molecule has 1 saturated heterocycles. The van der Waals surface area contributed by atoms with E-state index in [4.69, 9.17) is 4.74 Å². The summed E-state index contributed by atoms with van der Waals surface area (Å²) in [6.45, 7) is 10.6. The van der Waals surface area contributed by atoms with Crippen LogP contribution < -0.4 is 0 Å². The van der Waals surface area contributed by atoms with Crippen LogP contribution in [-0.2, 0) is 17.5 Å². The van der Waals surface area contributed by atoms with Crippen LogP contribution in [0.1, 0.15) is 49.4 Å². The van der Waals surface area contributed by atoms with Gasteiger partial charge in [-0.3, -0.25) is 9.48 Å². The van der Waals surface area contributed by atoms with Crippen LogP contribution in [0.2, 0.25) is 0 Å². The zero-order valence-corrected chi connectivity index (χ0v) is 16.1. The Balaban J connectivity index is 0.00000100. The normalized spacial score (nSPS) is 20.6. The number of thioether (sulfide) groups is 1. The van der Waals surface area contributed by atoms with Crippen molar-refractivity contribution in [2.24, 2.45) is 7.05 Å². The van der Waals surface area contributed by atoms with Gasteiger partial charge in [0.2, 0.25) is 0 Å². The van der Waals surface area contributed by atoms with E-state index in [-0.39, 0.29) is 5.91 Å². The number of hydrogen-bond acceptors (Lipinski definition) is 4. The van der Waals surface area contributed by atoms with Gasteiger partial charge in [0, 0.05) is 41.9 Å². The summed E-state index contributed by atoms with van der Waals surface area (Å²) in [5.41, 5.74) is 3.90. The molecule has 0 N–H and O–H groups in total. The third-order valence-electron chi connectivity index (χ3n) is 4.09. The first kappa shape index (κ1) is 18.8.